The first kappa shape index (κ1) is 26.6. The summed E-state index contributed by atoms with van der Waals surface area (Å²) < 4.78 is 5.88. The summed E-state index contributed by atoms with van der Waals surface area (Å²) in [5.41, 5.74) is 0.765. The van der Waals surface area contributed by atoms with Crippen LogP contribution in [0.25, 0.3) is 0 Å². The molecule has 7 heteroatoms. The number of hydrogen-bond acceptors (Lipinski definition) is 4. The summed E-state index contributed by atoms with van der Waals surface area (Å²) in [4.78, 5) is 29.1. The van der Waals surface area contributed by atoms with Crippen LogP contribution in [-0.2, 0) is 16.1 Å². The number of halogens is 1. The van der Waals surface area contributed by atoms with E-state index in [1.54, 1.807) is 16.2 Å². The molecule has 1 atom stereocenters. The lowest BCUT2D eigenvalue weighted by Crippen LogP contribution is -2.47. The van der Waals surface area contributed by atoms with Gasteiger partial charge in [0.15, 0.2) is 0 Å². The Morgan fingerprint density at radius 2 is 1.88 bits per heavy atom. The molecule has 0 radical (unpaired) electrons. The monoisotopic (exact) mass is 504 g/mol. The summed E-state index contributed by atoms with van der Waals surface area (Å²) >= 11 is 7.56. The molecular weight excluding hydrogens is 468 g/mol. The lowest BCUT2D eigenvalue weighted by atomic mass is 9.94. The van der Waals surface area contributed by atoms with Crippen molar-refractivity contribution in [3.05, 3.63) is 52.2 Å². The normalized spacial score (nSPS) is 15.0. The zero-order valence-electron chi connectivity index (χ0n) is 20.1. The molecule has 1 heterocycles. The number of amides is 2. The van der Waals surface area contributed by atoms with Gasteiger partial charge in [0.25, 0.3) is 0 Å². The van der Waals surface area contributed by atoms with Gasteiger partial charge in [-0.3, -0.25) is 9.59 Å². The van der Waals surface area contributed by atoms with Crippen molar-refractivity contribution in [2.45, 2.75) is 83.3 Å². The van der Waals surface area contributed by atoms with E-state index in [0.717, 1.165) is 54.7 Å². The van der Waals surface area contributed by atoms with Crippen molar-refractivity contribution in [3.63, 3.8) is 0 Å². The first-order valence-corrected chi connectivity index (χ1v) is 13.9. The molecule has 1 aromatic carbocycles. The molecule has 0 bridgehead atoms. The zero-order chi connectivity index (χ0) is 24.2. The van der Waals surface area contributed by atoms with E-state index in [4.69, 9.17) is 16.3 Å². The van der Waals surface area contributed by atoms with Crippen LogP contribution < -0.4 is 10.1 Å². The number of nitrogens with zero attached hydrogens (tertiary/aromatic N) is 1. The molecule has 0 saturated heterocycles. The molecule has 34 heavy (non-hydrogen) atoms. The molecule has 1 aromatic heterocycles. The highest BCUT2D eigenvalue weighted by molar-refractivity contribution is 7.09. The summed E-state index contributed by atoms with van der Waals surface area (Å²) in [6.07, 6.45) is 10.0. The van der Waals surface area contributed by atoms with Gasteiger partial charge >= 0.3 is 0 Å². The third-order valence-corrected chi connectivity index (χ3v) is 7.40. The minimum atomic E-state index is -0.742. The molecule has 1 unspecified atom stereocenters. The van der Waals surface area contributed by atoms with E-state index in [1.807, 2.05) is 41.8 Å². The average Bonchev–Trinajstić information content (AvgIpc) is 3.38. The van der Waals surface area contributed by atoms with Gasteiger partial charge in [0.1, 0.15) is 17.7 Å². The van der Waals surface area contributed by atoms with Crippen LogP contribution in [0.1, 0.15) is 81.2 Å². The van der Waals surface area contributed by atoms with Crippen LogP contribution in [0.2, 0.25) is 0 Å². The number of carbonyl (C=O) groups is 2. The highest BCUT2D eigenvalue weighted by Crippen LogP contribution is 2.28. The Hall–Kier alpha value is -2.05. The van der Waals surface area contributed by atoms with Gasteiger partial charge in [0.2, 0.25) is 11.8 Å². The van der Waals surface area contributed by atoms with E-state index in [9.17, 15) is 9.59 Å². The van der Waals surface area contributed by atoms with E-state index in [1.165, 1.54) is 19.3 Å². The predicted molar refractivity (Wildman–Crippen MR) is 139 cm³/mol. The number of unbranched alkanes of at least 4 members (excludes halogenated alkanes) is 3. The predicted octanol–water partition coefficient (Wildman–Crippen LogP) is 6.46. The molecule has 3 rings (SSSR count). The molecule has 0 spiro atoms. The molecule has 0 aliphatic heterocycles. The van der Waals surface area contributed by atoms with Crippen LogP contribution in [0, 0.1) is 0 Å². The summed E-state index contributed by atoms with van der Waals surface area (Å²) in [5.74, 6) is 0.211. The Morgan fingerprint density at radius 3 is 2.53 bits per heavy atom. The van der Waals surface area contributed by atoms with Crippen LogP contribution in [0.15, 0.2) is 41.8 Å². The second kappa shape index (κ2) is 14.4. The minimum Gasteiger partial charge on any atom is -0.494 e. The number of rotatable bonds is 13. The maximum absolute atomic E-state index is 13.6. The molecule has 1 aliphatic carbocycles. The molecule has 1 saturated carbocycles. The molecule has 1 aliphatic rings. The second-order valence-electron chi connectivity index (χ2n) is 8.96. The van der Waals surface area contributed by atoms with Gasteiger partial charge in [-0.25, -0.2) is 0 Å². The quantitative estimate of drug-likeness (QED) is 0.251. The maximum Gasteiger partial charge on any atom is 0.247 e. The molecule has 2 amide bonds. The van der Waals surface area contributed by atoms with Crippen molar-refractivity contribution >= 4 is 34.8 Å². The fraction of sp³-hybridized carbons (Fsp3) is 0.556. The number of nitrogens with one attached hydrogen (secondary N) is 1. The van der Waals surface area contributed by atoms with Crippen LogP contribution in [-0.4, -0.2) is 35.2 Å². The summed E-state index contributed by atoms with van der Waals surface area (Å²) in [6, 6.07) is 10.9. The van der Waals surface area contributed by atoms with Gasteiger partial charge in [-0.05, 0) is 48.4 Å². The molecule has 1 fully saturated rings. The lowest BCUT2D eigenvalue weighted by Gasteiger charge is -2.33. The Kier molecular flexibility index (Phi) is 11.2. The Labute approximate surface area is 212 Å². The number of ether oxygens (including phenoxy) is 1. The van der Waals surface area contributed by atoms with Gasteiger partial charge in [-0.15, -0.1) is 22.9 Å². The first-order chi connectivity index (χ1) is 16.6. The van der Waals surface area contributed by atoms with Crippen molar-refractivity contribution < 1.29 is 14.3 Å². The number of alkyl halides is 1. The fourth-order valence-electron chi connectivity index (χ4n) is 4.44. The first-order valence-electron chi connectivity index (χ1n) is 12.5. The number of hydrogen-bond donors (Lipinski definition) is 1. The van der Waals surface area contributed by atoms with Crippen LogP contribution in [0.5, 0.6) is 5.75 Å². The van der Waals surface area contributed by atoms with Crippen molar-refractivity contribution in [3.8, 4) is 5.75 Å². The lowest BCUT2D eigenvalue weighted by molar-refractivity contribution is -0.140. The van der Waals surface area contributed by atoms with E-state index in [0.29, 0.717) is 13.2 Å². The average molecular weight is 505 g/mol. The number of thiophene rings is 1. The molecule has 5 nitrogen and oxygen atoms in total. The number of carbonyl (C=O) groups excluding carboxylic acids is 2. The topological polar surface area (TPSA) is 58.6 Å². The minimum absolute atomic E-state index is 0.143. The SMILES string of the molecule is CCCCCCOc1ccc(C(C(=O)NC2CCCCC2)N(Cc2cccs2)C(=O)CCl)cc1. The maximum atomic E-state index is 13.6. The summed E-state index contributed by atoms with van der Waals surface area (Å²) in [7, 11) is 0. The molecule has 2 aromatic rings. The fourth-order valence-corrected chi connectivity index (χ4v) is 5.29. The third kappa shape index (κ3) is 8.02. The zero-order valence-corrected chi connectivity index (χ0v) is 21.7. The Balaban J connectivity index is 1.79. The van der Waals surface area contributed by atoms with E-state index in [-0.39, 0.29) is 23.7 Å². The smallest absolute Gasteiger partial charge is 0.247 e. The third-order valence-electron chi connectivity index (χ3n) is 6.31. The van der Waals surface area contributed by atoms with Gasteiger partial charge in [0, 0.05) is 10.9 Å². The van der Waals surface area contributed by atoms with Crippen molar-refractivity contribution in [1.82, 2.24) is 10.2 Å². The van der Waals surface area contributed by atoms with Gasteiger partial charge in [-0.1, -0.05) is 63.6 Å². The summed E-state index contributed by atoms with van der Waals surface area (Å²) in [5, 5.41) is 5.20. The van der Waals surface area contributed by atoms with Crippen LogP contribution in [0.4, 0.5) is 0 Å². The standard InChI is InChI=1S/C27H37ClN2O3S/c1-2-3-4-8-17-33-23-15-13-21(14-16-23)26(27(32)29-22-10-6-5-7-11-22)30(25(31)19-28)20-24-12-9-18-34-24/h9,12-16,18,22,26H,2-8,10-11,17,19-20H2,1H3,(H,29,32). The largest absolute Gasteiger partial charge is 0.494 e. The van der Waals surface area contributed by atoms with E-state index in [2.05, 4.69) is 12.2 Å². The van der Waals surface area contributed by atoms with Gasteiger partial charge < -0.3 is 15.0 Å². The molecule has 186 valence electrons. The van der Waals surface area contributed by atoms with Crippen LogP contribution in [0.3, 0.4) is 0 Å². The summed E-state index contributed by atoms with van der Waals surface area (Å²) in [6.45, 7) is 3.22. The highest BCUT2D eigenvalue weighted by atomic mass is 35.5. The molecular formula is C27H37ClN2O3S. The van der Waals surface area contributed by atoms with Crippen molar-refractivity contribution in [2.24, 2.45) is 0 Å². The van der Waals surface area contributed by atoms with Crippen molar-refractivity contribution in [1.29, 1.82) is 0 Å². The number of benzene rings is 1. The van der Waals surface area contributed by atoms with Gasteiger partial charge in [-0.2, -0.15) is 0 Å². The van der Waals surface area contributed by atoms with E-state index >= 15 is 0 Å². The molecule has 1 N–H and O–H groups in total. The van der Waals surface area contributed by atoms with Crippen molar-refractivity contribution in [2.75, 3.05) is 12.5 Å². The van der Waals surface area contributed by atoms with Gasteiger partial charge in [0.05, 0.1) is 13.2 Å². The Bertz CT molecular complexity index is 867. The van der Waals surface area contributed by atoms with E-state index < -0.39 is 6.04 Å². The second-order valence-corrected chi connectivity index (χ2v) is 10.3. The van der Waals surface area contributed by atoms with Crippen LogP contribution >= 0.6 is 22.9 Å². The highest BCUT2D eigenvalue weighted by Gasteiger charge is 2.32. The Morgan fingerprint density at radius 1 is 1.12 bits per heavy atom.